The van der Waals surface area contributed by atoms with Gasteiger partial charge in [0.25, 0.3) is 5.56 Å². The highest BCUT2D eigenvalue weighted by Gasteiger charge is 2.12. The number of fused-ring (bicyclic) bond motifs is 1. The van der Waals surface area contributed by atoms with Gasteiger partial charge < -0.3 is 19.2 Å². The molecule has 0 fully saturated rings. The number of H-pyrrole nitrogens is 1. The topological polar surface area (TPSA) is 65.5 Å². The van der Waals surface area contributed by atoms with Crippen molar-refractivity contribution in [3.63, 3.8) is 0 Å². The second-order valence-electron chi connectivity index (χ2n) is 5.43. The largest absolute Gasteiger partial charge is 0.497 e. The maximum Gasteiger partial charge on any atom is 0.262 e. The zero-order valence-electron chi connectivity index (χ0n) is 14.2. The number of methoxy groups -OCH3 is 3. The van der Waals surface area contributed by atoms with E-state index in [4.69, 9.17) is 26.4 Å². The van der Waals surface area contributed by atoms with Crippen LogP contribution in [0.3, 0.4) is 0 Å². The molecule has 0 saturated heterocycles. The fourth-order valence-corrected chi connectivity index (χ4v) is 2.93. The van der Waals surface area contributed by atoms with E-state index in [-0.39, 0.29) is 5.56 Å². The summed E-state index contributed by atoms with van der Waals surface area (Å²) in [6.45, 7) is 0.343. The number of aromatic amines is 1. The Labute approximate surface area is 149 Å². The van der Waals surface area contributed by atoms with Crippen LogP contribution in [0.5, 0.6) is 17.2 Å². The van der Waals surface area contributed by atoms with Crippen molar-refractivity contribution >= 4 is 23.1 Å². The smallest absolute Gasteiger partial charge is 0.262 e. The van der Waals surface area contributed by atoms with Crippen molar-refractivity contribution in [3.8, 4) is 17.2 Å². The van der Waals surface area contributed by atoms with Crippen LogP contribution in [-0.2, 0) is 6.54 Å². The minimum absolute atomic E-state index is 0.192. The van der Waals surface area contributed by atoms with E-state index >= 15 is 0 Å². The van der Waals surface area contributed by atoms with Crippen molar-refractivity contribution in [2.45, 2.75) is 6.54 Å². The van der Waals surface area contributed by atoms with Gasteiger partial charge >= 0.3 is 0 Å². The number of rotatable bonds is 5. The molecule has 0 radical (unpaired) electrons. The number of benzene rings is 2. The highest BCUT2D eigenvalue weighted by Crippen LogP contribution is 2.30. The molecule has 7 heteroatoms. The molecular formula is C18H18N2O4S. The molecule has 0 aliphatic rings. The summed E-state index contributed by atoms with van der Waals surface area (Å²) in [6, 6.07) is 10.9. The molecule has 0 aliphatic carbocycles. The van der Waals surface area contributed by atoms with Gasteiger partial charge in [-0.2, -0.15) is 0 Å². The van der Waals surface area contributed by atoms with Gasteiger partial charge in [0.2, 0.25) is 0 Å². The molecule has 3 aromatic rings. The van der Waals surface area contributed by atoms with Gasteiger partial charge in [0.15, 0.2) is 16.3 Å². The van der Waals surface area contributed by atoms with Crippen LogP contribution in [0.1, 0.15) is 5.56 Å². The van der Waals surface area contributed by atoms with Gasteiger partial charge in [0.1, 0.15) is 5.75 Å². The number of hydrogen-bond acceptors (Lipinski definition) is 5. The van der Waals surface area contributed by atoms with Gasteiger partial charge in [0, 0.05) is 6.07 Å². The minimum Gasteiger partial charge on any atom is -0.497 e. The van der Waals surface area contributed by atoms with E-state index < -0.39 is 0 Å². The monoisotopic (exact) mass is 358 g/mol. The summed E-state index contributed by atoms with van der Waals surface area (Å²) in [4.78, 5) is 16.0. The Balaban J connectivity index is 2.15. The van der Waals surface area contributed by atoms with Crippen LogP contribution in [0.2, 0.25) is 0 Å². The van der Waals surface area contributed by atoms with Crippen molar-refractivity contribution in [1.29, 1.82) is 0 Å². The van der Waals surface area contributed by atoms with Crippen LogP contribution in [0, 0.1) is 4.77 Å². The van der Waals surface area contributed by atoms with Gasteiger partial charge in [0.05, 0.1) is 38.8 Å². The highest BCUT2D eigenvalue weighted by molar-refractivity contribution is 7.71. The Morgan fingerprint density at radius 1 is 1.04 bits per heavy atom. The van der Waals surface area contributed by atoms with E-state index in [0.717, 1.165) is 11.3 Å². The molecule has 0 unspecified atom stereocenters. The first-order valence-electron chi connectivity index (χ1n) is 7.59. The molecule has 1 heterocycles. The minimum atomic E-state index is -0.192. The second kappa shape index (κ2) is 6.98. The summed E-state index contributed by atoms with van der Waals surface area (Å²) in [6.07, 6.45) is 0. The number of nitrogens with zero attached hydrogens (tertiary/aromatic N) is 1. The first-order valence-corrected chi connectivity index (χ1v) is 8.00. The lowest BCUT2D eigenvalue weighted by molar-refractivity contribution is 0.355. The van der Waals surface area contributed by atoms with Crippen molar-refractivity contribution in [2.75, 3.05) is 21.3 Å². The molecule has 1 aromatic heterocycles. The summed E-state index contributed by atoms with van der Waals surface area (Å²) in [5.41, 5.74) is 1.33. The number of hydrogen-bond donors (Lipinski definition) is 1. The van der Waals surface area contributed by atoms with Crippen molar-refractivity contribution in [2.24, 2.45) is 0 Å². The molecule has 0 aliphatic heterocycles. The summed E-state index contributed by atoms with van der Waals surface area (Å²) >= 11 is 5.37. The Bertz CT molecular complexity index is 1040. The molecule has 0 bridgehead atoms. The van der Waals surface area contributed by atoms with Gasteiger partial charge in [-0.1, -0.05) is 12.1 Å². The number of aromatic nitrogens is 2. The molecule has 0 atom stereocenters. The Hall–Kier alpha value is -2.80. The lowest BCUT2D eigenvalue weighted by atomic mass is 10.2. The van der Waals surface area contributed by atoms with E-state index in [9.17, 15) is 4.79 Å². The SMILES string of the molecule is COc1cccc(Cn2c(=S)[nH]c3cc(OC)c(OC)cc3c2=O)c1. The maximum atomic E-state index is 12.9. The third kappa shape index (κ3) is 3.23. The average Bonchev–Trinajstić information content (AvgIpc) is 2.64. The van der Waals surface area contributed by atoms with Crippen LogP contribution in [0.15, 0.2) is 41.2 Å². The lowest BCUT2D eigenvalue weighted by Crippen LogP contribution is -2.23. The molecule has 130 valence electrons. The van der Waals surface area contributed by atoms with Crippen LogP contribution >= 0.6 is 12.2 Å². The third-order valence-electron chi connectivity index (χ3n) is 3.96. The predicted octanol–water partition coefficient (Wildman–Crippen LogP) is 3.13. The second-order valence-corrected chi connectivity index (χ2v) is 5.81. The molecule has 25 heavy (non-hydrogen) atoms. The van der Waals surface area contributed by atoms with Crippen molar-refractivity contribution in [1.82, 2.24) is 9.55 Å². The van der Waals surface area contributed by atoms with Gasteiger partial charge in [-0.15, -0.1) is 0 Å². The summed E-state index contributed by atoms with van der Waals surface area (Å²) in [5, 5.41) is 0.481. The molecule has 2 aromatic carbocycles. The zero-order valence-corrected chi connectivity index (χ0v) is 15.0. The molecule has 0 spiro atoms. The number of nitrogens with one attached hydrogen (secondary N) is 1. The molecular weight excluding hydrogens is 340 g/mol. The van der Waals surface area contributed by atoms with Gasteiger partial charge in [-0.05, 0) is 36.0 Å². The number of ether oxygens (including phenoxy) is 3. The summed E-state index contributed by atoms with van der Waals surface area (Å²) in [5.74, 6) is 1.75. The molecule has 6 nitrogen and oxygen atoms in total. The summed E-state index contributed by atoms with van der Waals surface area (Å²) in [7, 11) is 4.68. The Morgan fingerprint density at radius 2 is 1.76 bits per heavy atom. The van der Waals surface area contributed by atoms with Gasteiger partial charge in [-0.3, -0.25) is 9.36 Å². The Kier molecular flexibility index (Phi) is 4.76. The van der Waals surface area contributed by atoms with E-state index in [0.29, 0.717) is 33.7 Å². The lowest BCUT2D eigenvalue weighted by Gasteiger charge is -2.12. The zero-order chi connectivity index (χ0) is 18.0. The first-order chi connectivity index (χ1) is 12.1. The third-order valence-corrected chi connectivity index (χ3v) is 4.28. The fraction of sp³-hybridized carbons (Fsp3) is 0.222. The molecule has 0 amide bonds. The average molecular weight is 358 g/mol. The van der Waals surface area contributed by atoms with Crippen molar-refractivity contribution < 1.29 is 14.2 Å². The van der Waals surface area contributed by atoms with E-state index in [1.54, 1.807) is 26.4 Å². The standard InChI is InChI=1S/C18H18N2O4S/c1-22-12-6-4-5-11(7-12)10-20-17(21)13-8-15(23-2)16(24-3)9-14(13)19-18(20)25/h4-9H,10H2,1-3H3,(H,19,25). The molecule has 0 saturated carbocycles. The van der Waals surface area contributed by atoms with Crippen LogP contribution in [-0.4, -0.2) is 30.9 Å². The van der Waals surface area contributed by atoms with Crippen LogP contribution < -0.4 is 19.8 Å². The van der Waals surface area contributed by atoms with Crippen LogP contribution in [0.25, 0.3) is 10.9 Å². The van der Waals surface area contributed by atoms with E-state index in [1.165, 1.54) is 11.7 Å². The van der Waals surface area contributed by atoms with Gasteiger partial charge in [-0.25, -0.2) is 0 Å². The maximum absolute atomic E-state index is 12.9. The highest BCUT2D eigenvalue weighted by atomic mass is 32.1. The van der Waals surface area contributed by atoms with E-state index in [2.05, 4.69) is 4.98 Å². The quantitative estimate of drug-likeness (QED) is 0.710. The molecule has 1 N–H and O–H groups in total. The summed E-state index contributed by atoms with van der Waals surface area (Å²) < 4.78 is 17.6. The van der Waals surface area contributed by atoms with Crippen LogP contribution in [0.4, 0.5) is 0 Å². The first kappa shape index (κ1) is 17.0. The Morgan fingerprint density at radius 3 is 2.44 bits per heavy atom. The molecule has 3 rings (SSSR count). The normalized spacial score (nSPS) is 10.7. The predicted molar refractivity (Wildman–Crippen MR) is 98.6 cm³/mol. The van der Waals surface area contributed by atoms with E-state index in [1.807, 2.05) is 24.3 Å². The fourth-order valence-electron chi connectivity index (χ4n) is 2.68. The van der Waals surface area contributed by atoms with Crippen molar-refractivity contribution in [3.05, 3.63) is 57.1 Å².